The highest BCUT2D eigenvalue weighted by Gasteiger charge is 2.44. The maximum Gasteiger partial charge on any atom is 0.416 e. The first-order valence-corrected chi connectivity index (χ1v) is 7.27. The Bertz CT molecular complexity index is 884. The van der Waals surface area contributed by atoms with Crippen molar-refractivity contribution in [3.63, 3.8) is 0 Å². The molecule has 13 heteroatoms. The quantitative estimate of drug-likeness (QED) is 0.618. The molecule has 1 aliphatic rings. The summed E-state index contributed by atoms with van der Waals surface area (Å²) in [5.41, 5.74) is -0.826. The number of halogens is 6. The molecule has 1 amide bonds. The van der Waals surface area contributed by atoms with Crippen LogP contribution in [0.1, 0.15) is 10.6 Å². The second-order valence-corrected chi connectivity index (χ2v) is 5.46. The first-order valence-electron chi connectivity index (χ1n) is 7.27. The smallest absolute Gasteiger partial charge is 0.416 e. The largest absolute Gasteiger partial charge is 0.503 e. The van der Waals surface area contributed by atoms with Crippen LogP contribution in [0.3, 0.4) is 0 Å². The molecule has 1 N–H and O–H groups in total. The fraction of sp³-hybridized carbons (Fsp3) is 0.357. The van der Waals surface area contributed by atoms with Crippen LogP contribution in [0.4, 0.5) is 26.3 Å². The summed E-state index contributed by atoms with van der Waals surface area (Å²) in [6, 6.07) is 0.320. The molecule has 0 bridgehead atoms. The predicted molar refractivity (Wildman–Crippen MR) is 73.0 cm³/mol. The first kappa shape index (κ1) is 18.9. The summed E-state index contributed by atoms with van der Waals surface area (Å²) in [5, 5.41) is 12.4. The molecule has 1 saturated heterocycles. The van der Waals surface area contributed by atoms with Crippen LogP contribution in [0.25, 0.3) is 11.5 Å². The summed E-state index contributed by atoms with van der Waals surface area (Å²) in [6.07, 6.45) is -6.88. The Balaban J connectivity index is 1.85. The minimum absolute atomic E-state index is 0.185. The number of aromatic nitrogens is 2. The lowest BCUT2D eigenvalue weighted by atomic mass is 10.2. The van der Waals surface area contributed by atoms with Gasteiger partial charge in [-0.15, -0.1) is 0 Å². The van der Waals surface area contributed by atoms with Gasteiger partial charge in [0.15, 0.2) is 23.5 Å². The number of phenols is 1. The molecule has 0 radical (unpaired) electrons. The van der Waals surface area contributed by atoms with Crippen LogP contribution in [0.2, 0.25) is 0 Å². The summed E-state index contributed by atoms with van der Waals surface area (Å²) in [4.78, 5) is 16.5. The van der Waals surface area contributed by atoms with Gasteiger partial charge >= 0.3 is 6.18 Å². The van der Waals surface area contributed by atoms with Gasteiger partial charge in [0, 0.05) is 6.54 Å². The van der Waals surface area contributed by atoms with Gasteiger partial charge in [-0.3, -0.25) is 4.79 Å². The molecule has 1 aromatic carbocycles. The molecule has 0 spiro atoms. The molecular formula is C14H9F6N3O4. The van der Waals surface area contributed by atoms with E-state index in [-0.39, 0.29) is 13.2 Å². The second-order valence-electron chi connectivity index (χ2n) is 5.46. The number of carbonyl (C=O) groups excluding carboxylic acids is 1. The lowest BCUT2D eigenvalue weighted by Gasteiger charge is -2.33. The van der Waals surface area contributed by atoms with E-state index in [9.17, 15) is 36.2 Å². The lowest BCUT2D eigenvalue weighted by molar-refractivity contribution is -0.233. The standard InChI is InChI=1S/C14H9F6N3O4/c15-6-3-5(8(16)10(24)9(6)17)12-21-11(22-27-12)13(25)23-1-2-26-7(4-23)14(18,19)20/h3,7,24H,1-2,4H2/t7-/m0/s1. The molecule has 1 aliphatic heterocycles. The van der Waals surface area contributed by atoms with E-state index in [1.165, 1.54) is 0 Å². The third-order valence-electron chi connectivity index (χ3n) is 3.70. The van der Waals surface area contributed by atoms with E-state index in [1.807, 2.05) is 0 Å². The topological polar surface area (TPSA) is 88.7 Å². The van der Waals surface area contributed by atoms with E-state index >= 15 is 0 Å². The molecule has 27 heavy (non-hydrogen) atoms. The number of ether oxygens (including phenoxy) is 1. The molecule has 1 fully saturated rings. The van der Waals surface area contributed by atoms with Gasteiger partial charge < -0.3 is 19.3 Å². The zero-order valence-electron chi connectivity index (χ0n) is 13.1. The number of alkyl halides is 3. The van der Waals surface area contributed by atoms with E-state index in [0.717, 1.165) is 4.90 Å². The number of hydrogen-bond acceptors (Lipinski definition) is 6. The number of carbonyl (C=O) groups is 1. The summed E-state index contributed by atoms with van der Waals surface area (Å²) in [7, 11) is 0. The van der Waals surface area contributed by atoms with Crippen LogP contribution in [0, 0.1) is 17.5 Å². The summed E-state index contributed by atoms with van der Waals surface area (Å²) < 4.78 is 87.6. The van der Waals surface area contributed by atoms with Gasteiger partial charge in [-0.2, -0.15) is 22.5 Å². The lowest BCUT2D eigenvalue weighted by Crippen LogP contribution is -2.51. The van der Waals surface area contributed by atoms with Crippen molar-refractivity contribution in [2.45, 2.75) is 12.3 Å². The molecule has 1 atom stereocenters. The van der Waals surface area contributed by atoms with Gasteiger partial charge in [-0.05, 0) is 6.07 Å². The zero-order chi connectivity index (χ0) is 19.9. The molecule has 2 heterocycles. The number of aromatic hydroxyl groups is 1. The number of phenolic OH excluding ortho intramolecular Hbond substituents is 1. The van der Waals surface area contributed by atoms with Gasteiger partial charge in [0.25, 0.3) is 17.6 Å². The highest BCUT2D eigenvalue weighted by Crippen LogP contribution is 2.32. The fourth-order valence-corrected chi connectivity index (χ4v) is 2.34. The second kappa shape index (κ2) is 6.72. The van der Waals surface area contributed by atoms with Gasteiger partial charge in [0.1, 0.15) is 0 Å². The molecule has 146 valence electrons. The van der Waals surface area contributed by atoms with Crippen LogP contribution in [0.15, 0.2) is 10.6 Å². The van der Waals surface area contributed by atoms with Crippen LogP contribution in [-0.2, 0) is 4.74 Å². The summed E-state index contributed by atoms with van der Waals surface area (Å²) in [6.45, 7) is -1.38. The molecule has 1 aromatic heterocycles. The Morgan fingerprint density at radius 1 is 1.26 bits per heavy atom. The summed E-state index contributed by atoms with van der Waals surface area (Å²) >= 11 is 0. The van der Waals surface area contributed by atoms with Crippen LogP contribution in [-0.4, -0.2) is 58.0 Å². The van der Waals surface area contributed by atoms with Gasteiger partial charge in [-0.1, -0.05) is 5.16 Å². The van der Waals surface area contributed by atoms with Crippen LogP contribution >= 0.6 is 0 Å². The number of morpholine rings is 1. The minimum Gasteiger partial charge on any atom is -0.503 e. The number of hydrogen-bond donors (Lipinski definition) is 1. The fourth-order valence-electron chi connectivity index (χ4n) is 2.34. The third-order valence-corrected chi connectivity index (χ3v) is 3.70. The Labute approximate surface area is 146 Å². The number of benzene rings is 1. The Hall–Kier alpha value is -2.83. The van der Waals surface area contributed by atoms with Crippen LogP contribution < -0.4 is 0 Å². The Kier molecular flexibility index (Phi) is 4.71. The normalized spacial score (nSPS) is 18.0. The van der Waals surface area contributed by atoms with Crippen LogP contribution in [0.5, 0.6) is 5.75 Å². The molecule has 3 rings (SSSR count). The SMILES string of the molecule is O=C(c1noc(-c2cc(F)c(F)c(O)c2F)n1)N1CCO[C@H](C(F)(F)F)C1. The van der Waals surface area contributed by atoms with Crippen molar-refractivity contribution in [3.05, 3.63) is 29.3 Å². The van der Waals surface area contributed by atoms with Crippen molar-refractivity contribution >= 4 is 5.91 Å². The first-order chi connectivity index (χ1) is 12.6. The van der Waals surface area contributed by atoms with Gasteiger partial charge in [0.2, 0.25) is 5.82 Å². The van der Waals surface area contributed by atoms with Crippen molar-refractivity contribution in [2.75, 3.05) is 19.7 Å². The van der Waals surface area contributed by atoms with Gasteiger partial charge in [0.05, 0.1) is 18.7 Å². The molecular weight excluding hydrogens is 388 g/mol. The summed E-state index contributed by atoms with van der Waals surface area (Å²) in [5.74, 6) is -9.25. The van der Waals surface area contributed by atoms with Crippen molar-refractivity contribution in [2.24, 2.45) is 0 Å². The van der Waals surface area contributed by atoms with E-state index in [4.69, 9.17) is 0 Å². The number of nitrogens with zero attached hydrogens (tertiary/aromatic N) is 3. The van der Waals surface area contributed by atoms with Gasteiger partial charge in [-0.25, -0.2) is 8.78 Å². The third kappa shape index (κ3) is 3.54. The average molecular weight is 397 g/mol. The molecule has 0 aliphatic carbocycles. The molecule has 0 saturated carbocycles. The minimum atomic E-state index is -4.69. The van der Waals surface area contributed by atoms with Crippen molar-refractivity contribution in [3.8, 4) is 17.2 Å². The van der Waals surface area contributed by atoms with E-state index in [1.54, 1.807) is 0 Å². The van der Waals surface area contributed by atoms with E-state index in [2.05, 4.69) is 19.4 Å². The number of amides is 1. The monoisotopic (exact) mass is 397 g/mol. The highest BCUT2D eigenvalue weighted by molar-refractivity contribution is 5.90. The van der Waals surface area contributed by atoms with Crippen molar-refractivity contribution in [1.29, 1.82) is 0 Å². The molecule has 2 aromatic rings. The van der Waals surface area contributed by atoms with Crippen molar-refractivity contribution < 1.29 is 45.5 Å². The Morgan fingerprint density at radius 2 is 1.96 bits per heavy atom. The zero-order valence-corrected chi connectivity index (χ0v) is 13.1. The predicted octanol–water partition coefficient (Wildman–Crippen LogP) is 2.26. The van der Waals surface area contributed by atoms with E-state index in [0.29, 0.717) is 6.07 Å². The maximum absolute atomic E-state index is 13.9. The average Bonchev–Trinajstić information content (AvgIpc) is 3.11. The Morgan fingerprint density at radius 3 is 2.63 bits per heavy atom. The molecule has 7 nitrogen and oxygen atoms in total. The van der Waals surface area contributed by atoms with E-state index < -0.39 is 65.2 Å². The van der Waals surface area contributed by atoms with Crippen molar-refractivity contribution in [1.82, 2.24) is 15.0 Å². The highest BCUT2D eigenvalue weighted by atomic mass is 19.4. The number of rotatable bonds is 2. The maximum atomic E-state index is 13.9. The molecule has 0 unspecified atom stereocenters.